The quantitative estimate of drug-likeness (QED) is 0.826. The second-order valence-corrected chi connectivity index (χ2v) is 4.47. The van der Waals surface area contributed by atoms with E-state index in [0.29, 0.717) is 12.0 Å². The van der Waals surface area contributed by atoms with Crippen LogP contribution in [0.4, 0.5) is 4.39 Å². The van der Waals surface area contributed by atoms with Crippen molar-refractivity contribution in [2.24, 2.45) is 5.92 Å². The number of hydrogen-bond donors (Lipinski definition) is 2. The summed E-state index contributed by atoms with van der Waals surface area (Å²) in [6.07, 6.45) is -0.447. The topological polar surface area (TPSA) is 49.3 Å². The molecule has 0 heterocycles. The summed E-state index contributed by atoms with van der Waals surface area (Å²) in [5, 5.41) is 12.4. The van der Waals surface area contributed by atoms with Crippen LogP contribution in [0.25, 0.3) is 0 Å². The van der Waals surface area contributed by atoms with E-state index < -0.39 is 11.9 Å². The van der Waals surface area contributed by atoms with Crippen molar-refractivity contribution in [3.63, 3.8) is 0 Å². The summed E-state index contributed by atoms with van der Waals surface area (Å²) >= 11 is 0. The molecule has 1 aromatic carbocycles. The van der Waals surface area contributed by atoms with Crippen LogP contribution in [-0.2, 0) is 4.79 Å². The second-order valence-electron chi connectivity index (χ2n) is 4.47. The molecule has 2 N–H and O–H groups in total. The molecule has 1 atom stereocenters. The fourth-order valence-corrected chi connectivity index (χ4v) is 1.49. The molecule has 0 aliphatic heterocycles. The summed E-state index contributed by atoms with van der Waals surface area (Å²) in [6, 6.07) is 5.74. The van der Waals surface area contributed by atoms with E-state index >= 15 is 0 Å². The predicted octanol–water partition coefficient (Wildman–Crippen LogP) is 2.02. The van der Waals surface area contributed by atoms with Gasteiger partial charge in [0.05, 0.1) is 6.10 Å². The molecule has 0 saturated carbocycles. The third kappa shape index (κ3) is 4.95. The molecular weight excluding hydrogens is 221 g/mol. The maximum Gasteiger partial charge on any atom is 0.220 e. The molecule has 0 saturated heterocycles. The van der Waals surface area contributed by atoms with Crippen molar-refractivity contribution in [1.29, 1.82) is 0 Å². The van der Waals surface area contributed by atoms with Gasteiger partial charge in [-0.05, 0) is 23.6 Å². The lowest BCUT2D eigenvalue weighted by Gasteiger charge is -2.13. The third-order valence-corrected chi connectivity index (χ3v) is 2.32. The van der Waals surface area contributed by atoms with Gasteiger partial charge >= 0.3 is 0 Å². The minimum absolute atomic E-state index is 0.101. The molecule has 1 unspecified atom stereocenters. The molecule has 1 amide bonds. The molecule has 94 valence electrons. The number of nitrogens with one attached hydrogen (secondary N) is 1. The van der Waals surface area contributed by atoms with E-state index in [0.717, 1.165) is 0 Å². The van der Waals surface area contributed by atoms with Crippen molar-refractivity contribution >= 4 is 5.91 Å². The standard InChI is InChI=1S/C13H18FNO2/c1-9(2)6-13(17)15-8-12(16)10-4-3-5-11(14)7-10/h3-5,7,9,12,16H,6,8H2,1-2H3,(H,15,17). The van der Waals surface area contributed by atoms with Gasteiger partial charge in [-0.1, -0.05) is 26.0 Å². The SMILES string of the molecule is CC(C)CC(=O)NCC(O)c1cccc(F)c1. The highest BCUT2D eigenvalue weighted by Crippen LogP contribution is 2.13. The number of halogens is 1. The van der Waals surface area contributed by atoms with Crippen molar-refractivity contribution < 1.29 is 14.3 Å². The number of aliphatic hydroxyl groups excluding tert-OH is 1. The van der Waals surface area contributed by atoms with Crippen molar-refractivity contribution in [2.45, 2.75) is 26.4 Å². The molecule has 4 heteroatoms. The Hall–Kier alpha value is -1.42. The Morgan fingerprint density at radius 3 is 2.76 bits per heavy atom. The number of aliphatic hydroxyl groups is 1. The highest BCUT2D eigenvalue weighted by atomic mass is 19.1. The molecule has 1 rings (SSSR count). The number of amides is 1. The summed E-state index contributed by atoms with van der Waals surface area (Å²) in [6.45, 7) is 4.00. The maximum atomic E-state index is 12.9. The predicted molar refractivity (Wildman–Crippen MR) is 63.8 cm³/mol. The Labute approximate surface area is 101 Å². The first kappa shape index (κ1) is 13.6. The Morgan fingerprint density at radius 1 is 1.47 bits per heavy atom. The molecule has 0 radical (unpaired) electrons. The molecule has 0 fully saturated rings. The maximum absolute atomic E-state index is 12.9. The van der Waals surface area contributed by atoms with E-state index in [1.165, 1.54) is 18.2 Å². The molecule has 0 bridgehead atoms. The van der Waals surface area contributed by atoms with E-state index in [1.807, 2.05) is 13.8 Å². The largest absolute Gasteiger partial charge is 0.387 e. The van der Waals surface area contributed by atoms with Crippen molar-refractivity contribution in [1.82, 2.24) is 5.32 Å². The van der Waals surface area contributed by atoms with E-state index in [9.17, 15) is 14.3 Å². The fraction of sp³-hybridized carbons (Fsp3) is 0.462. The molecule has 0 spiro atoms. The fourth-order valence-electron chi connectivity index (χ4n) is 1.49. The van der Waals surface area contributed by atoms with Crippen LogP contribution in [0.3, 0.4) is 0 Å². The van der Waals surface area contributed by atoms with Crippen LogP contribution < -0.4 is 5.32 Å². The highest BCUT2D eigenvalue weighted by molar-refractivity contribution is 5.76. The molecule has 17 heavy (non-hydrogen) atoms. The van der Waals surface area contributed by atoms with Gasteiger partial charge in [0.15, 0.2) is 0 Å². The molecule has 3 nitrogen and oxygen atoms in total. The molecular formula is C13H18FNO2. The average molecular weight is 239 g/mol. The van der Waals surface area contributed by atoms with Crippen molar-refractivity contribution in [2.75, 3.05) is 6.54 Å². The zero-order valence-electron chi connectivity index (χ0n) is 10.1. The minimum atomic E-state index is -0.873. The van der Waals surface area contributed by atoms with Crippen LogP contribution in [-0.4, -0.2) is 17.6 Å². The molecule has 1 aromatic rings. The zero-order chi connectivity index (χ0) is 12.8. The van der Waals surface area contributed by atoms with Gasteiger partial charge in [-0.25, -0.2) is 4.39 Å². The van der Waals surface area contributed by atoms with Gasteiger partial charge in [0.1, 0.15) is 5.82 Å². The average Bonchev–Trinajstić information content (AvgIpc) is 2.25. The number of hydrogen-bond acceptors (Lipinski definition) is 2. The van der Waals surface area contributed by atoms with Crippen LogP contribution in [0.5, 0.6) is 0 Å². The smallest absolute Gasteiger partial charge is 0.220 e. The number of carbonyl (C=O) groups excluding carboxylic acids is 1. The third-order valence-electron chi connectivity index (χ3n) is 2.32. The van der Waals surface area contributed by atoms with Crippen LogP contribution in [0, 0.1) is 11.7 Å². The highest BCUT2D eigenvalue weighted by Gasteiger charge is 2.10. The van der Waals surface area contributed by atoms with Crippen LogP contribution in [0.15, 0.2) is 24.3 Å². The summed E-state index contributed by atoms with van der Waals surface area (Å²) in [5.41, 5.74) is 0.467. The van der Waals surface area contributed by atoms with E-state index in [4.69, 9.17) is 0 Å². The second kappa shape index (κ2) is 6.35. The van der Waals surface area contributed by atoms with E-state index in [1.54, 1.807) is 6.07 Å². The number of carbonyl (C=O) groups is 1. The Balaban J connectivity index is 2.44. The van der Waals surface area contributed by atoms with Gasteiger partial charge in [-0.2, -0.15) is 0 Å². The lowest BCUT2D eigenvalue weighted by molar-refractivity contribution is -0.122. The summed E-state index contributed by atoms with van der Waals surface area (Å²) in [5.74, 6) is -0.216. The van der Waals surface area contributed by atoms with Crippen LogP contribution in [0.1, 0.15) is 31.9 Å². The zero-order valence-corrected chi connectivity index (χ0v) is 10.1. The van der Waals surface area contributed by atoms with Gasteiger partial charge < -0.3 is 10.4 Å². The molecule has 0 aromatic heterocycles. The monoisotopic (exact) mass is 239 g/mol. The van der Waals surface area contributed by atoms with Crippen molar-refractivity contribution in [3.8, 4) is 0 Å². The lowest BCUT2D eigenvalue weighted by Crippen LogP contribution is -2.29. The Morgan fingerprint density at radius 2 is 2.18 bits per heavy atom. The summed E-state index contributed by atoms with van der Waals surface area (Å²) < 4.78 is 12.9. The van der Waals surface area contributed by atoms with Gasteiger partial charge in [0.25, 0.3) is 0 Å². The van der Waals surface area contributed by atoms with E-state index in [2.05, 4.69) is 5.32 Å². The normalized spacial score (nSPS) is 12.5. The minimum Gasteiger partial charge on any atom is -0.387 e. The van der Waals surface area contributed by atoms with Crippen LogP contribution in [0.2, 0.25) is 0 Å². The lowest BCUT2D eigenvalue weighted by atomic mass is 10.1. The summed E-state index contributed by atoms with van der Waals surface area (Å²) in [4.78, 5) is 11.4. The van der Waals surface area contributed by atoms with E-state index in [-0.39, 0.29) is 18.4 Å². The van der Waals surface area contributed by atoms with Gasteiger partial charge in [0, 0.05) is 13.0 Å². The van der Waals surface area contributed by atoms with Gasteiger partial charge in [-0.15, -0.1) is 0 Å². The number of rotatable bonds is 5. The first-order valence-corrected chi connectivity index (χ1v) is 5.69. The first-order chi connectivity index (χ1) is 7.99. The Kier molecular flexibility index (Phi) is 5.10. The first-order valence-electron chi connectivity index (χ1n) is 5.69. The Bertz CT molecular complexity index is 379. The summed E-state index contributed by atoms with van der Waals surface area (Å²) in [7, 11) is 0. The molecule has 0 aliphatic carbocycles. The van der Waals surface area contributed by atoms with Gasteiger partial charge in [-0.3, -0.25) is 4.79 Å². The van der Waals surface area contributed by atoms with Gasteiger partial charge in [0.2, 0.25) is 5.91 Å². The number of benzene rings is 1. The molecule has 0 aliphatic rings. The van der Waals surface area contributed by atoms with Crippen molar-refractivity contribution in [3.05, 3.63) is 35.6 Å². The van der Waals surface area contributed by atoms with Crippen LogP contribution >= 0.6 is 0 Å².